The predicted octanol–water partition coefficient (Wildman–Crippen LogP) is 3.93. The van der Waals surface area contributed by atoms with E-state index in [4.69, 9.17) is 5.26 Å². The fourth-order valence-electron chi connectivity index (χ4n) is 2.23. The predicted molar refractivity (Wildman–Crippen MR) is 66.9 cm³/mol. The minimum Gasteiger partial charge on any atom is -0.192 e. The van der Waals surface area contributed by atoms with E-state index in [1.807, 2.05) is 12.1 Å². The summed E-state index contributed by atoms with van der Waals surface area (Å²) in [5, 5.41) is 8.85. The van der Waals surface area contributed by atoms with Crippen LogP contribution in [0.5, 0.6) is 0 Å². The van der Waals surface area contributed by atoms with E-state index in [1.54, 1.807) is 0 Å². The number of nitrogens with zero attached hydrogens (tertiary/aromatic N) is 1. The van der Waals surface area contributed by atoms with E-state index in [9.17, 15) is 0 Å². The van der Waals surface area contributed by atoms with Gasteiger partial charge in [0.25, 0.3) is 0 Å². The largest absolute Gasteiger partial charge is 0.192 e. The van der Waals surface area contributed by atoms with Crippen LogP contribution in [0.2, 0.25) is 0 Å². The maximum Gasteiger partial charge on any atom is 0.0991 e. The lowest BCUT2D eigenvalue weighted by Gasteiger charge is -2.19. The summed E-state index contributed by atoms with van der Waals surface area (Å²) in [6, 6.07) is 8.22. The lowest BCUT2D eigenvalue weighted by Crippen LogP contribution is -2.05. The number of hydrogen-bond donors (Lipinski definition) is 0. The van der Waals surface area contributed by atoms with Gasteiger partial charge < -0.3 is 0 Å². The standard InChI is InChI=1S/C15H17N/c1-15(2,3)9-13-6-5-12-8-11(10-16)4-7-14(12)13/h4,6-8H,5,9H2,1-3H3. The van der Waals surface area contributed by atoms with Gasteiger partial charge in [-0.25, -0.2) is 0 Å². The van der Waals surface area contributed by atoms with Gasteiger partial charge >= 0.3 is 0 Å². The Balaban J connectivity index is 2.29. The zero-order valence-corrected chi connectivity index (χ0v) is 10.2. The van der Waals surface area contributed by atoms with Crippen LogP contribution in [0.25, 0.3) is 5.57 Å². The summed E-state index contributed by atoms with van der Waals surface area (Å²) in [6.07, 6.45) is 4.39. The molecule has 2 rings (SSSR count). The summed E-state index contributed by atoms with van der Waals surface area (Å²) in [4.78, 5) is 0. The first-order valence-electron chi connectivity index (χ1n) is 5.72. The maximum absolute atomic E-state index is 8.85. The maximum atomic E-state index is 8.85. The highest BCUT2D eigenvalue weighted by molar-refractivity contribution is 5.74. The summed E-state index contributed by atoms with van der Waals surface area (Å²) in [5.41, 5.74) is 5.17. The molecule has 0 aromatic heterocycles. The van der Waals surface area contributed by atoms with Crippen molar-refractivity contribution in [2.45, 2.75) is 33.6 Å². The molecule has 0 amide bonds. The summed E-state index contributed by atoms with van der Waals surface area (Å²) in [6.45, 7) is 6.78. The lowest BCUT2D eigenvalue weighted by atomic mass is 9.86. The molecule has 1 nitrogen and oxygen atoms in total. The van der Waals surface area contributed by atoms with E-state index >= 15 is 0 Å². The van der Waals surface area contributed by atoms with E-state index in [0.29, 0.717) is 5.41 Å². The first kappa shape index (κ1) is 11.0. The van der Waals surface area contributed by atoms with Gasteiger partial charge in [0.05, 0.1) is 11.6 Å². The fraction of sp³-hybridized carbons (Fsp3) is 0.400. The highest BCUT2D eigenvalue weighted by Gasteiger charge is 2.19. The molecule has 1 aromatic rings. The Morgan fingerprint density at radius 2 is 2.06 bits per heavy atom. The molecule has 1 aliphatic rings. The van der Waals surface area contributed by atoms with Crippen molar-refractivity contribution in [2.75, 3.05) is 0 Å². The molecule has 0 atom stereocenters. The number of nitriles is 1. The number of hydrogen-bond acceptors (Lipinski definition) is 1. The molecule has 0 heterocycles. The normalized spacial score (nSPS) is 14.2. The van der Waals surface area contributed by atoms with Gasteiger partial charge in [0.1, 0.15) is 0 Å². The van der Waals surface area contributed by atoms with Gasteiger partial charge in [0.15, 0.2) is 0 Å². The molecule has 82 valence electrons. The molecule has 0 saturated heterocycles. The number of rotatable bonds is 1. The van der Waals surface area contributed by atoms with Crippen molar-refractivity contribution in [1.29, 1.82) is 5.26 Å². The smallest absolute Gasteiger partial charge is 0.0991 e. The van der Waals surface area contributed by atoms with E-state index in [-0.39, 0.29) is 0 Å². The summed E-state index contributed by atoms with van der Waals surface area (Å²) in [5.74, 6) is 0. The van der Waals surface area contributed by atoms with Gasteiger partial charge in [0, 0.05) is 0 Å². The molecule has 0 N–H and O–H groups in total. The quantitative estimate of drug-likeness (QED) is 0.690. The zero-order valence-electron chi connectivity index (χ0n) is 10.2. The Morgan fingerprint density at radius 3 is 2.69 bits per heavy atom. The van der Waals surface area contributed by atoms with Gasteiger partial charge in [-0.15, -0.1) is 0 Å². The number of benzene rings is 1. The van der Waals surface area contributed by atoms with Crippen molar-refractivity contribution in [3.8, 4) is 6.07 Å². The highest BCUT2D eigenvalue weighted by atomic mass is 14.3. The molecule has 16 heavy (non-hydrogen) atoms. The first-order chi connectivity index (χ1) is 7.49. The summed E-state index contributed by atoms with van der Waals surface area (Å²) >= 11 is 0. The van der Waals surface area contributed by atoms with Crippen molar-refractivity contribution in [2.24, 2.45) is 5.41 Å². The molecular weight excluding hydrogens is 194 g/mol. The van der Waals surface area contributed by atoms with Crippen molar-refractivity contribution in [3.05, 3.63) is 41.0 Å². The molecular formula is C15H17N. The van der Waals surface area contributed by atoms with Crippen LogP contribution in [0.3, 0.4) is 0 Å². The van der Waals surface area contributed by atoms with Crippen LogP contribution in [0, 0.1) is 16.7 Å². The molecule has 0 saturated carbocycles. The molecule has 0 aliphatic heterocycles. The van der Waals surface area contributed by atoms with E-state index in [0.717, 1.165) is 18.4 Å². The van der Waals surface area contributed by atoms with Crippen LogP contribution in [-0.4, -0.2) is 0 Å². The summed E-state index contributed by atoms with van der Waals surface area (Å²) < 4.78 is 0. The van der Waals surface area contributed by atoms with Crippen molar-refractivity contribution >= 4 is 5.57 Å². The van der Waals surface area contributed by atoms with Crippen LogP contribution >= 0.6 is 0 Å². The Bertz CT molecular complexity index is 481. The Kier molecular flexibility index (Phi) is 2.59. The average Bonchev–Trinajstić information content (AvgIpc) is 2.58. The Morgan fingerprint density at radius 1 is 1.31 bits per heavy atom. The van der Waals surface area contributed by atoms with Gasteiger partial charge in [-0.2, -0.15) is 5.26 Å². The fourth-order valence-corrected chi connectivity index (χ4v) is 2.23. The van der Waals surface area contributed by atoms with Crippen LogP contribution in [0.15, 0.2) is 24.3 Å². The van der Waals surface area contributed by atoms with E-state index in [1.165, 1.54) is 16.7 Å². The molecule has 0 unspecified atom stereocenters. The van der Waals surface area contributed by atoms with Gasteiger partial charge in [-0.3, -0.25) is 0 Å². The summed E-state index contributed by atoms with van der Waals surface area (Å²) in [7, 11) is 0. The second-order valence-corrected chi connectivity index (χ2v) is 5.65. The Labute approximate surface area is 97.4 Å². The second kappa shape index (κ2) is 3.79. The minimum absolute atomic E-state index is 0.321. The molecule has 1 aromatic carbocycles. The van der Waals surface area contributed by atoms with Gasteiger partial charge in [-0.05, 0) is 47.1 Å². The van der Waals surface area contributed by atoms with Crippen LogP contribution in [-0.2, 0) is 6.42 Å². The van der Waals surface area contributed by atoms with Crippen LogP contribution in [0.1, 0.15) is 43.9 Å². The van der Waals surface area contributed by atoms with Gasteiger partial charge in [0.2, 0.25) is 0 Å². The van der Waals surface area contributed by atoms with Gasteiger partial charge in [-0.1, -0.05) is 32.9 Å². The first-order valence-corrected chi connectivity index (χ1v) is 5.72. The second-order valence-electron chi connectivity index (χ2n) is 5.65. The van der Waals surface area contributed by atoms with Crippen LogP contribution in [0.4, 0.5) is 0 Å². The third-order valence-corrected chi connectivity index (χ3v) is 2.87. The molecule has 1 heteroatoms. The van der Waals surface area contributed by atoms with Crippen molar-refractivity contribution < 1.29 is 0 Å². The van der Waals surface area contributed by atoms with E-state index < -0.39 is 0 Å². The van der Waals surface area contributed by atoms with Crippen molar-refractivity contribution in [3.63, 3.8) is 0 Å². The SMILES string of the molecule is CC(C)(C)CC1=CCc2cc(C#N)ccc21. The number of allylic oxidation sites excluding steroid dienone is 2. The molecule has 0 fully saturated rings. The molecule has 1 aliphatic carbocycles. The highest BCUT2D eigenvalue weighted by Crippen LogP contribution is 2.36. The van der Waals surface area contributed by atoms with E-state index in [2.05, 4.69) is 39.0 Å². The number of fused-ring (bicyclic) bond motifs is 1. The molecule has 0 spiro atoms. The lowest BCUT2D eigenvalue weighted by molar-refractivity contribution is 0.427. The average molecular weight is 211 g/mol. The third kappa shape index (κ3) is 2.17. The zero-order chi connectivity index (χ0) is 11.8. The monoisotopic (exact) mass is 211 g/mol. The third-order valence-electron chi connectivity index (χ3n) is 2.87. The minimum atomic E-state index is 0.321. The molecule has 0 bridgehead atoms. The topological polar surface area (TPSA) is 23.8 Å². The van der Waals surface area contributed by atoms with Crippen LogP contribution < -0.4 is 0 Å². The van der Waals surface area contributed by atoms with Crippen molar-refractivity contribution in [1.82, 2.24) is 0 Å². The molecule has 0 radical (unpaired) electrons. The Hall–Kier alpha value is -1.55.